The summed E-state index contributed by atoms with van der Waals surface area (Å²) in [6.07, 6.45) is 4.62. The topological polar surface area (TPSA) is 46.9 Å². The lowest BCUT2D eigenvalue weighted by molar-refractivity contribution is -0.111. The van der Waals surface area contributed by atoms with Gasteiger partial charge in [0.25, 0.3) is 0 Å². The molecule has 0 bridgehead atoms. The minimum atomic E-state index is -0.402. The van der Waals surface area contributed by atoms with Gasteiger partial charge in [0.1, 0.15) is 5.82 Å². The van der Waals surface area contributed by atoms with Crippen molar-refractivity contribution in [3.8, 4) is 0 Å². The third kappa shape index (κ3) is 4.50. The molecule has 1 amide bonds. The van der Waals surface area contributed by atoms with Crippen molar-refractivity contribution in [3.63, 3.8) is 0 Å². The molecule has 3 aromatic rings. The van der Waals surface area contributed by atoms with Crippen LogP contribution in [0.1, 0.15) is 11.1 Å². The molecular formula is C19H14Cl2FN3O. The molecule has 0 radical (unpaired) electrons. The maximum absolute atomic E-state index is 13.8. The Kier molecular flexibility index (Phi) is 5.71. The van der Waals surface area contributed by atoms with Gasteiger partial charge in [0, 0.05) is 33.9 Å². The van der Waals surface area contributed by atoms with Crippen LogP contribution in [0, 0.1) is 5.82 Å². The van der Waals surface area contributed by atoms with Gasteiger partial charge < -0.3 is 5.32 Å². The fourth-order valence-electron chi connectivity index (χ4n) is 2.31. The van der Waals surface area contributed by atoms with E-state index in [0.29, 0.717) is 21.4 Å². The second-order valence-electron chi connectivity index (χ2n) is 5.44. The molecule has 1 heterocycles. The molecule has 0 aliphatic rings. The molecule has 0 saturated heterocycles. The second-order valence-corrected chi connectivity index (χ2v) is 6.26. The van der Waals surface area contributed by atoms with Crippen molar-refractivity contribution in [3.05, 3.63) is 87.8 Å². The van der Waals surface area contributed by atoms with Crippen LogP contribution in [0.4, 0.5) is 10.2 Å². The summed E-state index contributed by atoms with van der Waals surface area (Å²) >= 11 is 12.0. The van der Waals surface area contributed by atoms with Gasteiger partial charge in [-0.15, -0.1) is 0 Å². The third-order valence-corrected chi connectivity index (χ3v) is 4.29. The molecule has 0 spiro atoms. The quantitative estimate of drug-likeness (QED) is 0.622. The molecule has 4 nitrogen and oxygen atoms in total. The normalized spacial score (nSPS) is 11.0. The largest absolute Gasteiger partial charge is 0.306 e. The Morgan fingerprint density at radius 2 is 1.88 bits per heavy atom. The minimum absolute atomic E-state index is 0.164. The Labute approximate surface area is 159 Å². The third-order valence-electron chi connectivity index (χ3n) is 3.59. The summed E-state index contributed by atoms with van der Waals surface area (Å²) in [7, 11) is 0. The van der Waals surface area contributed by atoms with Gasteiger partial charge in [-0.25, -0.2) is 4.39 Å². The lowest BCUT2D eigenvalue weighted by Crippen LogP contribution is -2.09. The van der Waals surface area contributed by atoms with E-state index in [1.54, 1.807) is 42.6 Å². The van der Waals surface area contributed by atoms with Crippen molar-refractivity contribution in [2.45, 2.75) is 6.54 Å². The summed E-state index contributed by atoms with van der Waals surface area (Å²) in [6.45, 7) is 0.164. The summed E-state index contributed by atoms with van der Waals surface area (Å²) in [5.41, 5.74) is 1.08. The molecular weight excluding hydrogens is 376 g/mol. The van der Waals surface area contributed by atoms with Gasteiger partial charge >= 0.3 is 0 Å². The Bertz CT molecular complexity index is 949. The molecule has 3 rings (SSSR count). The van der Waals surface area contributed by atoms with Crippen LogP contribution in [-0.2, 0) is 11.3 Å². The average Bonchev–Trinajstić information content (AvgIpc) is 3.04. The van der Waals surface area contributed by atoms with E-state index >= 15 is 0 Å². The van der Waals surface area contributed by atoms with Gasteiger partial charge in [0.15, 0.2) is 5.82 Å². The van der Waals surface area contributed by atoms with E-state index in [9.17, 15) is 9.18 Å². The summed E-state index contributed by atoms with van der Waals surface area (Å²) in [4.78, 5) is 12.0. The Balaban J connectivity index is 1.65. The first kappa shape index (κ1) is 18.2. The molecule has 1 N–H and O–H groups in total. The average molecular weight is 390 g/mol. The standard InChI is InChI=1S/C19H14Cl2FN3O/c20-15-5-2-1-4-13(15)8-9-19(26)23-18-10-11-25(24-18)12-14-16(21)6-3-7-17(14)22/h1-11H,12H2,(H,23,24,26)/b9-8+. The van der Waals surface area contributed by atoms with Crippen LogP contribution < -0.4 is 5.32 Å². The lowest BCUT2D eigenvalue weighted by atomic mass is 10.2. The minimum Gasteiger partial charge on any atom is -0.306 e. The van der Waals surface area contributed by atoms with Crippen LogP contribution in [-0.4, -0.2) is 15.7 Å². The first-order valence-corrected chi connectivity index (χ1v) is 8.48. The lowest BCUT2D eigenvalue weighted by Gasteiger charge is -2.05. The summed E-state index contributed by atoms with van der Waals surface area (Å²) in [6, 6.07) is 13.3. The van der Waals surface area contributed by atoms with Crippen LogP contribution in [0.3, 0.4) is 0 Å². The van der Waals surface area contributed by atoms with E-state index in [0.717, 1.165) is 5.56 Å². The number of halogens is 3. The fraction of sp³-hybridized carbons (Fsp3) is 0.0526. The number of benzene rings is 2. The van der Waals surface area contributed by atoms with Crippen LogP contribution >= 0.6 is 23.2 Å². The van der Waals surface area contributed by atoms with Crippen molar-refractivity contribution < 1.29 is 9.18 Å². The van der Waals surface area contributed by atoms with Gasteiger partial charge in [-0.2, -0.15) is 5.10 Å². The van der Waals surface area contributed by atoms with E-state index in [2.05, 4.69) is 10.4 Å². The maximum Gasteiger partial charge on any atom is 0.249 e. The predicted molar refractivity (Wildman–Crippen MR) is 102 cm³/mol. The molecule has 7 heteroatoms. The summed E-state index contributed by atoms with van der Waals surface area (Å²) < 4.78 is 15.3. The molecule has 0 unspecified atom stereocenters. The number of carbonyl (C=O) groups excluding carboxylic acids is 1. The zero-order valence-corrected chi connectivity index (χ0v) is 15.0. The highest BCUT2D eigenvalue weighted by atomic mass is 35.5. The second kappa shape index (κ2) is 8.17. The monoisotopic (exact) mass is 389 g/mol. The van der Waals surface area contributed by atoms with E-state index < -0.39 is 5.82 Å². The SMILES string of the molecule is O=C(/C=C/c1ccccc1Cl)Nc1ccn(Cc2c(F)cccc2Cl)n1. The molecule has 132 valence electrons. The number of aromatic nitrogens is 2. The van der Waals surface area contributed by atoms with Gasteiger partial charge in [-0.05, 0) is 29.8 Å². The highest BCUT2D eigenvalue weighted by Gasteiger charge is 2.09. The van der Waals surface area contributed by atoms with Crippen molar-refractivity contribution in [1.82, 2.24) is 9.78 Å². The zero-order chi connectivity index (χ0) is 18.5. The van der Waals surface area contributed by atoms with Gasteiger partial charge in [0.05, 0.1) is 6.54 Å². The highest BCUT2D eigenvalue weighted by Crippen LogP contribution is 2.20. The fourth-order valence-corrected chi connectivity index (χ4v) is 2.73. The number of carbonyl (C=O) groups is 1. The zero-order valence-electron chi connectivity index (χ0n) is 13.5. The van der Waals surface area contributed by atoms with Crippen LogP contribution in [0.2, 0.25) is 10.0 Å². The molecule has 2 aromatic carbocycles. The van der Waals surface area contributed by atoms with Crippen molar-refractivity contribution >= 4 is 41.0 Å². The van der Waals surface area contributed by atoms with Crippen LogP contribution in [0.5, 0.6) is 0 Å². The van der Waals surface area contributed by atoms with Crippen molar-refractivity contribution in [1.29, 1.82) is 0 Å². The molecule has 26 heavy (non-hydrogen) atoms. The number of hydrogen-bond donors (Lipinski definition) is 1. The number of nitrogens with zero attached hydrogens (tertiary/aromatic N) is 2. The number of amides is 1. The number of hydrogen-bond acceptors (Lipinski definition) is 2. The van der Waals surface area contributed by atoms with Crippen LogP contribution in [0.25, 0.3) is 6.08 Å². The number of rotatable bonds is 5. The molecule has 1 aromatic heterocycles. The maximum atomic E-state index is 13.8. The Morgan fingerprint density at radius 3 is 2.65 bits per heavy atom. The van der Waals surface area contributed by atoms with Crippen molar-refractivity contribution in [2.75, 3.05) is 5.32 Å². The van der Waals surface area contributed by atoms with E-state index in [4.69, 9.17) is 23.2 Å². The van der Waals surface area contributed by atoms with Gasteiger partial charge in [-0.3, -0.25) is 9.48 Å². The molecule has 0 saturated carbocycles. The Morgan fingerprint density at radius 1 is 1.12 bits per heavy atom. The number of nitrogens with one attached hydrogen (secondary N) is 1. The van der Waals surface area contributed by atoms with E-state index in [-0.39, 0.29) is 12.5 Å². The number of anilines is 1. The molecule has 0 aliphatic carbocycles. The van der Waals surface area contributed by atoms with Crippen molar-refractivity contribution in [2.24, 2.45) is 0 Å². The summed E-state index contributed by atoms with van der Waals surface area (Å²) in [5.74, 6) is -0.397. The van der Waals surface area contributed by atoms with E-state index in [1.165, 1.54) is 16.8 Å². The molecule has 0 aliphatic heterocycles. The first-order valence-electron chi connectivity index (χ1n) is 7.73. The molecule has 0 atom stereocenters. The van der Waals surface area contributed by atoms with E-state index in [1.807, 2.05) is 12.1 Å². The first-order chi connectivity index (χ1) is 12.5. The highest BCUT2D eigenvalue weighted by molar-refractivity contribution is 6.32. The predicted octanol–water partition coefficient (Wildman–Crippen LogP) is 5.03. The Hall–Kier alpha value is -2.63. The van der Waals surface area contributed by atoms with Gasteiger partial charge in [-0.1, -0.05) is 47.5 Å². The van der Waals surface area contributed by atoms with Gasteiger partial charge in [0.2, 0.25) is 5.91 Å². The van der Waals surface area contributed by atoms with Crippen LogP contribution in [0.15, 0.2) is 60.8 Å². The summed E-state index contributed by atoms with van der Waals surface area (Å²) in [5, 5.41) is 7.72. The smallest absolute Gasteiger partial charge is 0.249 e. The molecule has 0 fully saturated rings.